The Morgan fingerprint density at radius 3 is 2.52 bits per heavy atom. The number of benzene rings is 1. The second-order valence-electron chi connectivity index (χ2n) is 8.61. The molecule has 4 N–H and O–H groups in total. The van der Waals surface area contributed by atoms with E-state index in [1.165, 1.54) is 5.56 Å². The summed E-state index contributed by atoms with van der Waals surface area (Å²) in [5.74, 6) is 0.284. The number of hydrazone groups is 1. The largest absolute Gasteiger partial charge is 0.508 e. The van der Waals surface area contributed by atoms with Gasteiger partial charge in [-0.2, -0.15) is 5.10 Å². The highest BCUT2D eigenvalue weighted by Crippen LogP contribution is 2.37. The Kier molecular flexibility index (Phi) is 5.73. The molecule has 1 aromatic rings. The van der Waals surface area contributed by atoms with E-state index in [0.29, 0.717) is 6.54 Å². The van der Waals surface area contributed by atoms with Crippen LogP contribution in [0, 0.1) is 5.41 Å². The maximum absolute atomic E-state index is 10.2. The van der Waals surface area contributed by atoms with Gasteiger partial charge in [0.25, 0.3) is 0 Å². The lowest BCUT2D eigenvalue weighted by atomic mass is 9.72. The zero-order chi connectivity index (χ0) is 18.7. The van der Waals surface area contributed by atoms with Crippen LogP contribution in [0.2, 0.25) is 0 Å². The van der Waals surface area contributed by atoms with Crippen molar-refractivity contribution in [1.82, 2.24) is 5.43 Å². The van der Waals surface area contributed by atoms with E-state index in [-0.39, 0.29) is 22.6 Å². The zero-order valence-corrected chi connectivity index (χ0v) is 16.0. The molecule has 0 bridgehead atoms. The fraction of sp³-hybridized carbons (Fsp3) is 0.476. The van der Waals surface area contributed by atoms with Crippen LogP contribution in [0.4, 0.5) is 0 Å². The average molecular weight is 341 g/mol. The number of phenolic OH excluding ortho intramolecular Hbond substituents is 1. The quantitative estimate of drug-likeness (QED) is 0.709. The Labute approximate surface area is 151 Å². The Morgan fingerprint density at radius 1 is 1.16 bits per heavy atom. The predicted octanol–water partition coefficient (Wildman–Crippen LogP) is 4.00. The maximum Gasteiger partial charge on any atom is 0.120 e. The van der Waals surface area contributed by atoms with Crippen molar-refractivity contribution in [3.8, 4) is 5.75 Å². The zero-order valence-electron chi connectivity index (χ0n) is 16.0. The number of nitrogens with one attached hydrogen (secondary N) is 1. The van der Waals surface area contributed by atoms with Gasteiger partial charge in [0.15, 0.2) is 0 Å². The van der Waals surface area contributed by atoms with Gasteiger partial charge < -0.3 is 16.3 Å². The van der Waals surface area contributed by atoms with Crippen molar-refractivity contribution in [2.45, 2.75) is 59.0 Å². The summed E-state index contributed by atoms with van der Waals surface area (Å²) in [7, 11) is 0. The van der Waals surface area contributed by atoms with Gasteiger partial charge in [0.05, 0.1) is 18.3 Å². The summed E-state index contributed by atoms with van der Waals surface area (Å²) in [5, 5.41) is 14.5. The molecule has 0 saturated heterocycles. The first-order chi connectivity index (χ1) is 11.6. The van der Waals surface area contributed by atoms with E-state index >= 15 is 0 Å². The highest BCUT2D eigenvalue weighted by molar-refractivity contribution is 6.01. The van der Waals surface area contributed by atoms with Crippen molar-refractivity contribution in [3.05, 3.63) is 53.6 Å². The van der Waals surface area contributed by atoms with Gasteiger partial charge in [-0.15, -0.1) is 0 Å². The van der Waals surface area contributed by atoms with Crippen LogP contribution in [-0.2, 0) is 12.0 Å². The van der Waals surface area contributed by atoms with Crippen LogP contribution in [0.15, 0.2) is 47.6 Å². The minimum atomic E-state index is -0.192. The molecule has 4 heteroatoms. The lowest BCUT2D eigenvalue weighted by Gasteiger charge is -2.33. The van der Waals surface area contributed by atoms with E-state index < -0.39 is 0 Å². The van der Waals surface area contributed by atoms with E-state index in [9.17, 15) is 5.11 Å². The van der Waals surface area contributed by atoms with Crippen LogP contribution < -0.4 is 11.2 Å². The molecule has 0 fully saturated rings. The molecular formula is C21H31N3O. The molecule has 0 heterocycles. The van der Waals surface area contributed by atoms with Gasteiger partial charge in [0.2, 0.25) is 0 Å². The van der Waals surface area contributed by atoms with Crippen LogP contribution in [0.5, 0.6) is 5.75 Å². The molecule has 1 atom stereocenters. The summed E-state index contributed by atoms with van der Waals surface area (Å²) < 4.78 is 0. The summed E-state index contributed by atoms with van der Waals surface area (Å²) >= 11 is 0. The SMILES string of the molecule is CC(C)(C)CC(C)(C)c1ccc(O)c(CN/N=C2/C=CC=CC2N)c1. The van der Waals surface area contributed by atoms with Gasteiger partial charge in [-0.1, -0.05) is 58.9 Å². The van der Waals surface area contributed by atoms with Crippen LogP contribution in [0.1, 0.15) is 52.2 Å². The number of nitrogens with two attached hydrogens (primary N) is 1. The molecule has 1 unspecified atom stereocenters. The molecule has 0 spiro atoms. The molecule has 4 nitrogen and oxygen atoms in total. The predicted molar refractivity (Wildman–Crippen MR) is 106 cm³/mol. The Balaban J connectivity index is 2.12. The molecule has 0 aliphatic heterocycles. The molecule has 0 saturated carbocycles. The lowest BCUT2D eigenvalue weighted by molar-refractivity contribution is 0.284. The topological polar surface area (TPSA) is 70.6 Å². The third kappa shape index (κ3) is 5.46. The first-order valence-corrected chi connectivity index (χ1v) is 8.82. The van der Waals surface area contributed by atoms with Crippen molar-refractivity contribution in [2.75, 3.05) is 0 Å². The van der Waals surface area contributed by atoms with E-state index in [2.05, 4.69) is 51.2 Å². The summed E-state index contributed by atoms with van der Waals surface area (Å²) in [6.45, 7) is 11.7. The molecule has 2 rings (SSSR count). The van der Waals surface area contributed by atoms with Crippen LogP contribution in [0.25, 0.3) is 0 Å². The van der Waals surface area contributed by atoms with Crippen molar-refractivity contribution < 1.29 is 5.11 Å². The second-order valence-corrected chi connectivity index (χ2v) is 8.61. The van der Waals surface area contributed by atoms with Crippen LogP contribution in [-0.4, -0.2) is 16.9 Å². The fourth-order valence-electron chi connectivity index (χ4n) is 3.45. The second kappa shape index (κ2) is 7.44. The third-order valence-corrected chi connectivity index (χ3v) is 4.35. The summed E-state index contributed by atoms with van der Waals surface area (Å²) in [5.41, 5.74) is 12.1. The van der Waals surface area contributed by atoms with Crippen molar-refractivity contribution in [3.63, 3.8) is 0 Å². The molecule has 1 aromatic carbocycles. The summed E-state index contributed by atoms with van der Waals surface area (Å²) in [6, 6.07) is 5.67. The smallest absolute Gasteiger partial charge is 0.120 e. The molecule has 0 amide bonds. The van der Waals surface area contributed by atoms with Crippen molar-refractivity contribution in [1.29, 1.82) is 0 Å². The van der Waals surface area contributed by atoms with Crippen LogP contribution in [0.3, 0.4) is 0 Å². The van der Waals surface area contributed by atoms with E-state index in [1.807, 2.05) is 30.4 Å². The molecule has 0 aromatic heterocycles. The molecule has 136 valence electrons. The fourth-order valence-corrected chi connectivity index (χ4v) is 3.45. The normalized spacial score (nSPS) is 19.4. The Hall–Kier alpha value is -2.07. The Morgan fingerprint density at radius 2 is 1.88 bits per heavy atom. The van der Waals surface area contributed by atoms with Gasteiger partial charge in [-0.3, -0.25) is 0 Å². The monoisotopic (exact) mass is 341 g/mol. The third-order valence-electron chi connectivity index (χ3n) is 4.35. The molecular weight excluding hydrogens is 310 g/mol. The number of allylic oxidation sites excluding steroid dienone is 2. The highest BCUT2D eigenvalue weighted by atomic mass is 16.3. The highest BCUT2D eigenvalue weighted by Gasteiger charge is 2.27. The number of hydrogen-bond acceptors (Lipinski definition) is 4. The summed E-state index contributed by atoms with van der Waals surface area (Å²) in [4.78, 5) is 0. The number of phenols is 1. The van der Waals surface area contributed by atoms with Gasteiger partial charge >= 0.3 is 0 Å². The van der Waals surface area contributed by atoms with E-state index in [1.54, 1.807) is 6.07 Å². The van der Waals surface area contributed by atoms with Gasteiger partial charge in [-0.25, -0.2) is 0 Å². The lowest BCUT2D eigenvalue weighted by Crippen LogP contribution is -2.30. The molecule has 25 heavy (non-hydrogen) atoms. The van der Waals surface area contributed by atoms with Gasteiger partial charge in [-0.05, 0) is 41.0 Å². The van der Waals surface area contributed by atoms with Crippen molar-refractivity contribution in [2.24, 2.45) is 16.3 Å². The maximum atomic E-state index is 10.2. The first kappa shape index (κ1) is 19.3. The standard InChI is InChI=1S/C21H31N3O/c1-20(2,3)14-21(4,5)16-10-11-19(25)15(12-16)13-23-24-18-9-7-6-8-17(18)22/h6-12,17,23,25H,13-14,22H2,1-5H3/b24-18-. The van der Waals surface area contributed by atoms with E-state index in [0.717, 1.165) is 17.7 Å². The van der Waals surface area contributed by atoms with Gasteiger partial charge in [0, 0.05) is 5.56 Å². The first-order valence-electron chi connectivity index (χ1n) is 8.82. The number of rotatable bonds is 5. The van der Waals surface area contributed by atoms with Crippen LogP contribution >= 0.6 is 0 Å². The van der Waals surface area contributed by atoms with E-state index in [4.69, 9.17) is 5.73 Å². The Bertz CT molecular complexity index is 694. The van der Waals surface area contributed by atoms with Crippen molar-refractivity contribution >= 4 is 5.71 Å². The summed E-state index contributed by atoms with van der Waals surface area (Å²) in [6.07, 6.45) is 8.67. The molecule has 1 aliphatic rings. The van der Waals surface area contributed by atoms with Gasteiger partial charge in [0.1, 0.15) is 5.75 Å². The minimum Gasteiger partial charge on any atom is -0.508 e. The average Bonchev–Trinajstić information content (AvgIpc) is 2.48. The molecule has 1 aliphatic carbocycles. The molecule has 0 radical (unpaired) electrons. The minimum absolute atomic E-state index is 0.0336. The number of aromatic hydroxyl groups is 1. The number of nitrogens with zero attached hydrogens (tertiary/aromatic N) is 1. The number of hydrogen-bond donors (Lipinski definition) is 3.